The highest BCUT2D eigenvalue weighted by atomic mass is 19.1. The van der Waals surface area contributed by atoms with E-state index in [1.165, 1.54) is 17.7 Å². The van der Waals surface area contributed by atoms with Gasteiger partial charge in [-0.3, -0.25) is 9.69 Å². The van der Waals surface area contributed by atoms with Crippen molar-refractivity contribution < 1.29 is 9.18 Å². The maximum absolute atomic E-state index is 13.1. The molecule has 0 saturated carbocycles. The average Bonchev–Trinajstić information content (AvgIpc) is 2.69. The van der Waals surface area contributed by atoms with Crippen molar-refractivity contribution in [2.75, 3.05) is 13.1 Å². The molecular weight excluding hydrogens is 363 g/mol. The molecule has 1 amide bonds. The fraction of sp³-hybridized carbons (Fsp3) is 0.480. The van der Waals surface area contributed by atoms with Crippen LogP contribution in [0.15, 0.2) is 48.5 Å². The van der Waals surface area contributed by atoms with Crippen molar-refractivity contribution in [2.24, 2.45) is 5.92 Å². The summed E-state index contributed by atoms with van der Waals surface area (Å²) < 4.78 is 13.1. The minimum Gasteiger partial charge on any atom is -0.349 e. The first-order valence-electron chi connectivity index (χ1n) is 10.6. The largest absolute Gasteiger partial charge is 0.349 e. The molecule has 0 unspecified atom stereocenters. The molecule has 2 aromatic rings. The van der Waals surface area contributed by atoms with E-state index in [0.29, 0.717) is 0 Å². The minimum atomic E-state index is -0.214. The Morgan fingerprint density at radius 3 is 2.41 bits per heavy atom. The van der Waals surface area contributed by atoms with Gasteiger partial charge in [-0.25, -0.2) is 4.39 Å². The number of hydrogen-bond donors (Lipinski definition) is 1. The van der Waals surface area contributed by atoms with Crippen LogP contribution in [0.4, 0.5) is 4.39 Å². The van der Waals surface area contributed by atoms with E-state index in [1.807, 2.05) is 19.1 Å². The highest BCUT2D eigenvalue weighted by Crippen LogP contribution is 2.25. The molecule has 1 N–H and O–H groups in total. The highest BCUT2D eigenvalue weighted by molar-refractivity contribution is 5.79. The van der Waals surface area contributed by atoms with Crippen LogP contribution in [-0.4, -0.2) is 23.9 Å². The maximum Gasteiger partial charge on any atom is 0.224 e. The molecule has 2 atom stereocenters. The number of carbonyl (C=O) groups is 1. The zero-order chi connectivity index (χ0) is 21.0. The van der Waals surface area contributed by atoms with Crippen LogP contribution in [0.3, 0.4) is 0 Å². The van der Waals surface area contributed by atoms with Gasteiger partial charge >= 0.3 is 0 Å². The number of amides is 1. The predicted molar refractivity (Wildman–Crippen MR) is 116 cm³/mol. The third kappa shape index (κ3) is 5.89. The third-order valence-corrected chi connectivity index (χ3v) is 5.83. The van der Waals surface area contributed by atoms with Crippen LogP contribution in [0.25, 0.3) is 0 Å². The SMILES string of the molecule is C[C@@H](NC(=O)[C@@H]1CCCN(Cc2ccc(F)cc2)C1)c1ccc(C(C)(C)C)cc1. The van der Waals surface area contributed by atoms with Gasteiger partial charge in [-0.05, 0) is 60.5 Å². The van der Waals surface area contributed by atoms with E-state index in [1.54, 1.807) is 0 Å². The normalized spacial score (nSPS) is 19.0. The van der Waals surface area contributed by atoms with Crippen molar-refractivity contribution in [3.8, 4) is 0 Å². The van der Waals surface area contributed by atoms with E-state index < -0.39 is 0 Å². The smallest absolute Gasteiger partial charge is 0.224 e. The second-order valence-electron chi connectivity index (χ2n) is 9.30. The molecule has 0 bridgehead atoms. The van der Waals surface area contributed by atoms with Crippen molar-refractivity contribution in [1.82, 2.24) is 10.2 Å². The van der Waals surface area contributed by atoms with Gasteiger partial charge in [0.15, 0.2) is 0 Å². The molecule has 0 radical (unpaired) electrons. The Hall–Kier alpha value is -2.20. The van der Waals surface area contributed by atoms with E-state index in [9.17, 15) is 9.18 Å². The standard InChI is InChI=1S/C25H33FN2O/c1-18(20-9-11-22(12-10-20)25(2,3)4)27-24(29)21-6-5-15-28(17-21)16-19-7-13-23(26)14-8-19/h7-14,18,21H,5-6,15-17H2,1-4H3,(H,27,29)/t18-,21-/m1/s1. The Balaban J connectivity index is 1.56. The molecule has 4 heteroatoms. The number of nitrogens with zero attached hydrogens (tertiary/aromatic N) is 1. The van der Waals surface area contributed by atoms with Crippen LogP contribution in [0.5, 0.6) is 0 Å². The second-order valence-corrected chi connectivity index (χ2v) is 9.30. The molecule has 0 aliphatic carbocycles. The summed E-state index contributed by atoms with van der Waals surface area (Å²) in [6.45, 7) is 11.1. The van der Waals surface area contributed by atoms with E-state index in [-0.39, 0.29) is 29.1 Å². The summed E-state index contributed by atoms with van der Waals surface area (Å²) in [5, 5.41) is 3.20. The summed E-state index contributed by atoms with van der Waals surface area (Å²) in [5.74, 6) is -0.0872. The van der Waals surface area contributed by atoms with Gasteiger partial charge in [-0.2, -0.15) is 0 Å². The first kappa shape index (κ1) is 21.5. The summed E-state index contributed by atoms with van der Waals surface area (Å²) in [4.78, 5) is 15.2. The van der Waals surface area contributed by atoms with Crippen LogP contribution in [-0.2, 0) is 16.8 Å². The summed E-state index contributed by atoms with van der Waals surface area (Å²) in [6.07, 6.45) is 1.93. The number of hydrogen-bond acceptors (Lipinski definition) is 2. The Morgan fingerprint density at radius 2 is 1.79 bits per heavy atom. The minimum absolute atomic E-state index is 0.000460. The lowest BCUT2D eigenvalue weighted by molar-refractivity contribution is -0.127. The lowest BCUT2D eigenvalue weighted by Crippen LogP contribution is -2.43. The Labute approximate surface area is 174 Å². The number of rotatable bonds is 5. The van der Waals surface area contributed by atoms with Gasteiger partial charge in [0.25, 0.3) is 0 Å². The molecule has 3 rings (SSSR count). The number of piperidine rings is 1. The van der Waals surface area contributed by atoms with Crippen LogP contribution < -0.4 is 5.32 Å². The highest BCUT2D eigenvalue weighted by Gasteiger charge is 2.27. The Kier molecular flexibility index (Phi) is 6.74. The summed E-state index contributed by atoms with van der Waals surface area (Å²) in [5.41, 5.74) is 3.63. The first-order chi connectivity index (χ1) is 13.7. The molecule has 1 fully saturated rings. The topological polar surface area (TPSA) is 32.3 Å². The monoisotopic (exact) mass is 396 g/mol. The van der Waals surface area contributed by atoms with Crippen molar-refractivity contribution >= 4 is 5.91 Å². The first-order valence-corrected chi connectivity index (χ1v) is 10.6. The van der Waals surface area contributed by atoms with E-state index >= 15 is 0 Å². The second kappa shape index (κ2) is 9.08. The van der Waals surface area contributed by atoms with Crippen molar-refractivity contribution in [3.63, 3.8) is 0 Å². The molecule has 0 aromatic heterocycles. The number of nitrogens with one attached hydrogen (secondary N) is 1. The van der Waals surface area contributed by atoms with Crippen LogP contribution in [0, 0.1) is 11.7 Å². The Morgan fingerprint density at radius 1 is 1.14 bits per heavy atom. The molecule has 1 heterocycles. The number of carbonyl (C=O) groups excluding carboxylic acids is 1. The third-order valence-electron chi connectivity index (χ3n) is 5.83. The van der Waals surface area contributed by atoms with Crippen molar-refractivity contribution in [2.45, 2.75) is 58.5 Å². The number of benzene rings is 2. The summed E-state index contributed by atoms with van der Waals surface area (Å²) in [6, 6.07) is 15.2. The van der Waals surface area contributed by atoms with Crippen molar-refractivity contribution in [3.05, 3.63) is 71.0 Å². The molecule has 3 nitrogen and oxygen atoms in total. The summed E-state index contributed by atoms with van der Waals surface area (Å²) >= 11 is 0. The van der Waals surface area contributed by atoms with Crippen LogP contribution >= 0.6 is 0 Å². The van der Waals surface area contributed by atoms with Crippen LogP contribution in [0.2, 0.25) is 0 Å². The zero-order valence-electron chi connectivity index (χ0n) is 18.0. The lowest BCUT2D eigenvalue weighted by Gasteiger charge is -2.32. The van der Waals surface area contributed by atoms with Gasteiger partial charge in [-0.15, -0.1) is 0 Å². The quantitative estimate of drug-likeness (QED) is 0.752. The number of halogens is 1. The van der Waals surface area contributed by atoms with E-state index in [2.05, 4.69) is 55.3 Å². The van der Waals surface area contributed by atoms with Crippen molar-refractivity contribution in [1.29, 1.82) is 0 Å². The van der Waals surface area contributed by atoms with Gasteiger partial charge in [0.2, 0.25) is 5.91 Å². The molecule has 0 spiro atoms. The fourth-order valence-electron chi connectivity index (χ4n) is 3.95. The van der Waals surface area contributed by atoms with Gasteiger partial charge in [-0.1, -0.05) is 57.2 Å². The number of likely N-dealkylation sites (tertiary alicyclic amines) is 1. The van der Waals surface area contributed by atoms with Crippen LogP contribution in [0.1, 0.15) is 63.3 Å². The molecule has 1 saturated heterocycles. The van der Waals surface area contributed by atoms with E-state index in [4.69, 9.17) is 0 Å². The molecular formula is C25H33FN2O. The molecule has 29 heavy (non-hydrogen) atoms. The molecule has 1 aliphatic heterocycles. The summed E-state index contributed by atoms with van der Waals surface area (Å²) in [7, 11) is 0. The fourth-order valence-corrected chi connectivity index (χ4v) is 3.95. The molecule has 2 aromatic carbocycles. The molecule has 156 valence electrons. The predicted octanol–water partition coefficient (Wildman–Crippen LogP) is 5.21. The van der Waals surface area contributed by atoms with E-state index in [0.717, 1.165) is 43.6 Å². The molecule has 1 aliphatic rings. The van der Waals surface area contributed by atoms with Gasteiger partial charge in [0.1, 0.15) is 5.82 Å². The Bertz CT molecular complexity index is 808. The maximum atomic E-state index is 13.1. The lowest BCUT2D eigenvalue weighted by atomic mass is 9.86. The average molecular weight is 397 g/mol. The van der Waals surface area contributed by atoms with Gasteiger partial charge in [0.05, 0.1) is 12.0 Å². The van der Waals surface area contributed by atoms with Gasteiger partial charge in [0, 0.05) is 13.1 Å². The van der Waals surface area contributed by atoms with Gasteiger partial charge < -0.3 is 5.32 Å². The zero-order valence-corrected chi connectivity index (χ0v) is 18.0.